The highest BCUT2D eigenvalue weighted by Gasteiger charge is 2.43. The second-order valence-electron chi connectivity index (χ2n) is 26.7. The Morgan fingerprint density at radius 2 is 0.798 bits per heavy atom. The van der Waals surface area contributed by atoms with Crippen molar-refractivity contribution in [2.45, 2.75) is 248 Å². The molecule has 16 heteroatoms. The van der Waals surface area contributed by atoms with E-state index < -0.39 is 0 Å². The normalized spacial score (nSPS) is 13.7. The highest BCUT2D eigenvalue weighted by Crippen LogP contribution is 2.55. The van der Waals surface area contributed by atoms with Crippen LogP contribution >= 0.6 is 102 Å². The number of aryl methyl sites for hydroxylation is 2. The van der Waals surface area contributed by atoms with Crippen molar-refractivity contribution in [2.24, 2.45) is 17.8 Å². The summed E-state index contributed by atoms with van der Waals surface area (Å²) in [6, 6.07) is 18.1. The van der Waals surface area contributed by atoms with E-state index in [9.17, 15) is 9.59 Å². The SMILES string of the molecule is CCCCCCCCC(CCCCCC)Cc1ccc(-c2nc3c(-c4ncc(-c5ccc(-c6sc(-c7ccc(C)s7)c7c6C(=O)N(CC(CC)CCCC)C7=O)s5)s4)c4sc(-c5ccc(CC(CCCCCC)CCCCCCCC)s5)nc4c(-c4ncc(C)s4)c3s2)s1. The molecular weight excluding hydrogens is 1330 g/mol. The van der Waals surface area contributed by atoms with E-state index in [1.807, 2.05) is 35.1 Å². The van der Waals surface area contributed by atoms with Gasteiger partial charge in [0.1, 0.15) is 20.0 Å². The summed E-state index contributed by atoms with van der Waals surface area (Å²) in [6.07, 6.45) is 42.4. The van der Waals surface area contributed by atoms with Crippen molar-refractivity contribution < 1.29 is 9.59 Å². The minimum absolute atomic E-state index is 0.146. The van der Waals surface area contributed by atoms with Gasteiger partial charge in [-0.3, -0.25) is 14.5 Å². The number of hydrogen-bond acceptors (Lipinski definition) is 15. The van der Waals surface area contributed by atoms with E-state index in [1.165, 1.54) is 183 Å². The van der Waals surface area contributed by atoms with Crippen LogP contribution in [0.15, 0.2) is 60.9 Å². The van der Waals surface area contributed by atoms with E-state index in [0.717, 1.165) is 119 Å². The van der Waals surface area contributed by atoms with Crippen LogP contribution in [0.5, 0.6) is 0 Å². The molecule has 0 spiro atoms. The van der Waals surface area contributed by atoms with Crippen LogP contribution in [-0.2, 0) is 12.8 Å². The topological polar surface area (TPSA) is 88.9 Å². The average molecular weight is 1430 g/mol. The zero-order valence-electron chi connectivity index (χ0n) is 57.2. The smallest absolute Gasteiger partial charge is 0.263 e. The maximum Gasteiger partial charge on any atom is 0.263 e. The molecular formula is C78H99N5O2S9. The Hall–Kier alpha value is -4.10. The summed E-state index contributed by atoms with van der Waals surface area (Å²) in [7, 11) is 0. The monoisotopic (exact) mass is 1430 g/mol. The van der Waals surface area contributed by atoms with Crippen LogP contribution in [0.1, 0.15) is 262 Å². The van der Waals surface area contributed by atoms with Crippen LogP contribution in [0, 0.1) is 31.6 Å². The Labute approximate surface area is 597 Å². The molecule has 10 aromatic rings. The molecule has 3 atom stereocenters. The van der Waals surface area contributed by atoms with Gasteiger partial charge >= 0.3 is 0 Å². The number of carbonyl (C=O) groups excluding carboxylic acids is 2. The first-order chi connectivity index (χ1) is 46.0. The lowest BCUT2D eigenvalue weighted by Gasteiger charge is -2.21. The van der Waals surface area contributed by atoms with Gasteiger partial charge in [-0.1, -0.05) is 215 Å². The number of hydrogen-bond donors (Lipinski definition) is 0. The fourth-order valence-electron chi connectivity index (χ4n) is 13.8. The van der Waals surface area contributed by atoms with Crippen LogP contribution in [-0.4, -0.2) is 43.2 Å². The summed E-state index contributed by atoms with van der Waals surface area (Å²) in [5.41, 5.74) is 5.23. The molecule has 1 aromatic carbocycles. The lowest BCUT2D eigenvalue weighted by Crippen LogP contribution is -2.34. The number of carbonyl (C=O) groups is 2. The molecule has 0 radical (unpaired) electrons. The zero-order chi connectivity index (χ0) is 65.5. The fourth-order valence-corrected chi connectivity index (χ4v) is 23.7. The number of unbranched alkanes of at least 4 members (excludes halogenated alkanes) is 17. The third-order valence-corrected chi connectivity index (χ3v) is 29.6. The van der Waals surface area contributed by atoms with E-state index in [0.29, 0.717) is 29.5 Å². The first kappa shape index (κ1) is 71.2. The Bertz CT molecular complexity index is 3910. The number of aromatic nitrogens is 4. The maximum atomic E-state index is 14.8. The van der Waals surface area contributed by atoms with Crippen molar-refractivity contribution in [3.8, 4) is 70.2 Å². The summed E-state index contributed by atoms with van der Waals surface area (Å²) < 4.78 is 2.22. The predicted molar refractivity (Wildman–Crippen MR) is 418 cm³/mol. The second-order valence-corrected chi connectivity index (χ2v) is 36.6. The van der Waals surface area contributed by atoms with Crippen molar-refractivity contribution in [2.75, 3.05) is 6.54 Å². The number of imide groups is 1. The number of fused-ring (bicyclic) bond motifs is 3. The Balaban J connectivity index is 0.975. The molecule has 0 bridgehead atoms. The number of rotatable bonds is 41. The number of thiophene rings is 5. The summed E-state index contributed by atoms with van der Waals surface area (Å²) in [5.74, 6) is 1.39. The highest BCUT2D eigenvalue weighted by atomic mass is 32.1. The van der Waals surface area contributed by atoms with Crippen molar-refractivity contribution in [3.63, 3.8) is 0 Å². The first-order valence-corrected chi connectivity index (χ1v) is 43.4. The molecule has 0 saturated carbocycles. The van der Waals surface area contributed by atoms with E-state index in [2.05, 4.69) is 104 Å². The minimum Gasteiger partial charge on any atom is -0.274 e. The zero-order valence-corrected chi connectivity index (χ0v) is 64.5. The lowest BCUT2D eigenvalue weighted by atomic mass is 9.91. The molecule has 11 rings (SSSR count). The van der Waals surface area contributed by atoms with Crippen LogP contribution in [0.2, 0.25) is 0 Å². The minimum atomic E-state index is -0.153. The summed E-state index contributed by atoms with van der Waals surface area (Å²) in [6.45, 7) is 18.4. The molecule has 502 valence electrons. The summed E-state index contributed by atoms with van der Waals surface area (Å²) in [4.78, 5) is 66.8. The van der Waals surface area contributed by atoms with Gasteiger partial charge in [0.25, 0.3) is 11.8 Å². The molecule has 2 amide bonds. The van der Waals surface area contributed by atoms with Crippen LogP contribution in [0.4, 0.5) is 0 Å². The third kappa shape index (κ3) is 17.3. The maximum absolute atomic E-state index is 14.8. The van der Waals surface area contributed by atoms with Crippen LogP contribution in [0.25, 0.3) is 90.6 Å². The van der Waals surface area contributed by atoms with Gasteiger partial charge in [-0.25, -0.2) is 19.9 Å². The molecule has 1 aliphatic heterocycles. The molecule has 0 aliphatic carbocycles. The number of amides is 2. The van der Waals surface area contributed by atoms with E-state index in [-0.39, 0.29) is 17.7 Å². The molecule has 3 unspecified atom stereocenters. The van der Waals surface area contributed by atoms with Crippen LogP contribution < -0.4 is 0 Å². The van der Waals surface area contributed by atoms with E-state index >= 15 is 0 Å². The summed E-state index contributed by atoms with van der Waals surface area (Å²) >= 11 is 15.9. The Morgan fingerprint density at radius 3 is 1.28 bits per heavy atom. The molecule has 0 N–H and O–H groups in total. The molecule has 1 aliphatic rings. The van der Waals surface area contributed by atoms with E-state index in [4.69, 9.17) is 19.9 Å². The van der Waals surface area contributed by atoms with Gasteiger partial charge in [0.15, 0.2) is 0 Å². The van der Waals surface area contributed by atoms with E-state index in [1.54, 1.807) is 84.3 Å². The first-order valence-electron chi connectivity index (χ1n) is 36.0. The summed E-state index contributed by atoms with van der Waals surface area (Å²) in [5, 5.41) is 3.99. The molecule has 0 fully saturated rings. The molecule has 10 heterocycles. The highest BCUT2D eigenvalue weighted by molar-refractivity contribution is 7.31. The van der Waals surface area contributed by atoms with Crippen LogP contribution in [0.3, 0.4) is 0 Å². The predicted octanol–water partition coefficient (Wildman–Crippen LogP) is 28.0. The van der Waals surface area contributed by atoms with Gasteiger partial charge in [0.2, 0.25) is 0 Å². The van der Waals surface area contributed by atoms with Gasteiger partial charge in [0.05, 0.1) is 67.1 Å². The largest absolute Gasteiger partial charge is 0.274 e. The van der Waals surface area contributed by atoms with Crippen molar-refractivity contribution >= 4 is 134 Å². The second kappa shape index (κ2) is 35.1. The molecule has 7 nitrogen and oxygen atoms in total. The van der Waals surface area contributed by atoms with Gasteiger partial charge in [-0.05, 0) is 99.4 Å². The fraction of sp³-hybridized carbons (Fsp3) is 0.538. The molecule has 0 saturated heterocycles. The van der Waals surface area contributed by atoms with Crippen molar-refractivity contribution in [1.29, 1.82) is 0 Å². The quantitative estimate of drug-likeness (QED) is 0.0280. The van der Waals surface area contributed by atoms with Gasteiger partial charge in [-0.2, -0.15) is 0 Å². The third-order valence-electron chi connectivity index (χ3n) is 19.2. The van der Waals surface area contributed by atoms with Gasteiger partial charge in [-0.15, -0.1) is 102 Å². The lowest BCUT2D eigenvalue weighted by molar-refractivity contribution is 0.0624. The number of benzene rings is 1. The van der Waals surface area contributed by atoms with Crippen molar-refractivity contribution in [1.82, 2.24) is 24.8 Å². The molecule has 94 heavy (non-hydrogen) atoms. The standard InChI is InChI=1S/C78H99N5O2S9/c1-9-15-20-24-26-30-35-53(33-28-22-17-11-3)45-55-38-41-60(88-55)73-81-67-65(75-79-47-51(8)87-75)71-68(82-74(93-71)61-42-39-56(89-61)46-54(34-29-23-18-12-4)36-31-27-25-21-16-10-2)66(72(67)94-73)76-80-48-62(91-76)57-43-44-59(90-57)70-64-63(69(92-70)58-40-37-50(7)86-58)77(84)83(78(64)85)49-52(14-6)32-19-13-5/h37-44,47-48,52-54H,9-36,45-46,49H2,1-8H3. The average Bonchev–Trinajstić information content (AvgIpc) is 1.56. The Kier molecular flexibility index (Phi) is 26.6. The van der Waals surface area contributed by atoms with Gasteiger partial charge in [0, 0.05) is 53.1 Å². The van der Waals surface area contributed by atoms with Gasteiger partial charge < -0.3 is 0 Å². The number of nitrogens with zero attached hydrogens (tertiary/aromatic N) is 5. The molecule has 9 aromatic heterocycles. The number of thiazole rings is 4. The Morgan fingerprint density at radius 1 is 0.362 bits per heavy atom. The van der Waals surface area contributed by atoms with Crippen molar-refractivity contribution in [3.05, 3.63) is 91.6 Å².